The van der Waals surface area contributed by atoms with E-state index < -0.39 is 70.5 Å². The number of benzene rings is 2. The number of hydrogen-bond acceptors (Lipinski definition) is 6. The van der Waals surface area contributed by atoms with Gasteiger partial charge in [-0.15, -0.1) is 6.42 Å². The van der Waals surface area contributed by atoms with Crippen molar-refractivity contribution in [2.75, 3.05) is 25.1 Å². The van der Waals surface area contributed by atoms with Crippen molar-refractivity contribution in [2.24, 2.45) is 0 Å². The van der Waals surface area contributed by atoms with Crippen LogP contribution in [0.15, 0.2) is 24.3 Å². The molecule has 1 amide bonds. The molecule has 1 aliphatic rings. The van der Waals surface area contributed by atoms with Gasteiger partial charge in [0.05, 0.1) is 30.1 Å². The molecular weight excluding hydrogens is 417 g/mol. The average Bonchev–Trinajstić information content (AvgIpc) is 2.76. The highest BCUT2D eigenvalue weighted by Gasteiger charge is 2.39. The molecule has 2 aromatic rings. The first-order chi connectivity index (χ1) is 14.7. The zero-order valence-corrected chi connectivity index (χ0v) is 16.1. The van der Waals surface area contributed by atoms with Crippen LogP contribution in [-0.4, -0.2) is 41.4 Å². The average molecular weight is 434 g/mol. The Bertz CT molecular complexity index is 1100. The zero-order valence-electron chi connectivity index (χ0n) is 16.1. The summed E-state index contributed by atoms with van der Waals surface area (Å²) in [5.74, 6) is -3.53. The number of terminal acetylenes is 1. The summed E-state index contributed by atoms with van der Waals surface area (Å²) < 4.78 is 47.3. The van der Waals surface area contributed by atoms with Crippen molar-refractivity contribution in [3.05, 3.63) is 63.6 Å². The smallest absolute Gasteiger partial charge is 0.340 e. The maximum atomic E-state index is 14.9. The molecule has 2 aromatic carbocycles. The van der Waals surface area contributed by atoms with Gasteiger partial charge >= 0.3 is 11.9 Å². The Hall–Kier alpha value is -3.39. The van der Waals surface area contributed by atoms with Gasteiger partial charge in [-0.1, -0.05) is 5.92 Å². The van der Waals surface area contributed by atoms with E-state index in [-0.39, 0.29) is 24.2 Å². The molecule has 1 fully saturated rings. The van der Waals surface area contributed by atoms with Crippen molar-refractivity contribution < 1.29 is 37.3 Å². The number of nitrogens with zero attached hydrogens (tertiary/aromatic N) is 1. The van der Waals surface area contributed by atoms with Gasteiger partial charge in [0.2, 0.25) is 0 Å². The number of likely N-dealkylation sites (tertiary alicyclic amines) is 1. The topological polar surface area (TPSA) is 98.7 Å². The number of amides is 1. The number of β-lactam (4-membered cyclic amide) rings is 1. The van der Waals surface area contributed by atoms with E-state index in [0.29, 0.717) is 0 Å². The molecule has 1 heterocycles. The monoisotopic (exact) mass is 434 g/mol. The van der Waals surface area contributed by atoms with Crippen LogP contribution >= 0.6 is 0 Å². The van der Waals surface area contributed by atoms with Crippen molar-refractivity contribution in [3.8, 4) is 12.3 Å². The predicted octanol–water partition coefficient (Wildman–Crippen LogP) is 2.72. The Morgan fingerprint density at radius 2 is 2.03 bits per heavy atom. The number of carbonyl (C=O) groups excluding carboxylic acids is 2. The summed E-state index contributed by atoms with van der Waals surface area (Å²) in [6, 6.07) is 4.38. The van der Waals surface area contributed by atoms with Gasteiger partial charge in [0.25, 0.3) is 0 Å². The molecule has 1 aliphatic heterocycles. The molecule has 1 saturated heterocycles. The van der Waals surface area contributed by atoms with Gasteiger partial charge in [-0.05, 0) is 24.3 Å². The molecule has 7 nitrogen and oxygen atoms in total. The quantitative estimate of drug-likeness (QED) is 0.229. The van der Waals surface area contributed by atoms with E-state index in [2.05, 4.69) is 11.2 Å². The van der Waals surface area contributed by atoms with Crippen LogP contribution in [0.1, 0.15) is 27.9 Å². The number of aliphatic hydroxyl groups is 1. The Morgan fingerprint density at radius 3 is 2.58 bits per heavy atom. The number of hydroxylamine groups is 3. The first-order valence-electron chi connectivity index (χ1n) is 9.13. The number of aliphatic hydroxyl groups excluding tert-OH is 1. The number of anilines is 2. The van der Waals surface area contributed by atoms with E-state index in [0.717, 1.165) is 12.1 Å². The van der Waals surface area contributed by atoms with Crippen LogP contribution in [0, 0.1) is 35.0 Å². The third kappa shape index (κ3) is 4.39. The van der Waals surface area contributed by atoms with Gasteiger partial charge in [-0.25, -0.2) is 22.8 Å². The third-order valence-electron chi connectivity index (χ3n) is 4.79. The highest BCUT2D eigenvalue weighted by atomic mass is 19.2. The largest absolute Gasteiger partial charge is 0.625 e. The van der Waals surface area contributed by atoms with Crippen molar-refractivity contribution in [1.82, 2.24) is 0 Å². The first kappa shape index (κ1) is 22.3. The molecule has 162 valence electrons. The number of carbonyl (C=O) groups is 2. The molecule has 0 saturated carbocycles. The molecule has 2 N–H and O–H groups in total. The van der Waals surface area contributed by atoms with Crippen molar-refractivity contribution >= 4 is 23.3 Å². The lowest BCUT2D eigenvalue weighted by Gasteiger charge is -2.46. The van der Waals surface area contributed by atoms with Crippen LogP contribution < -0.4 is 5.32 Å². The van der Waals surface area contributed by atoms with Gasteiger partial charge in [-0.3, -0.25) is 4.65 Å². The summed E-state index contributed by atoms with van der Waals surface area (Å²) in [5.41, 5.74) is -1.88. The maximum Gasteiger partial charge on any atom is 0.340 e. The lowest BCUT2D eigenvalue weighted by molar-refractivity contribution is -0.844. The number of esters is 1. The first-order valence-corrected chi connectivity index (χ1v) is 9.13. The number of rotatable bonds is 7. The summed E-state index contributed by atoms with van der Waals surface area (Å²) in [6.07, 6.45) is 5.21. The molecule has 0 spiro atoms. The van der Waals surface area contributed by atoms with Crippen LogP contribution in [0.2, 0.25) is 0 Å². The van der Waals surface area contributed by atoms with Gasteiger partial charge in [-0.2, -0.15) is 0 Å². The SMILES string of the molecule is C#Cc1ccc(Nc2c(C(=O)OCCO)cc(C[N+]3([O-])CCC3=O)c(F)c2F)c(F)c1. The van der Waals surface area contributed by atoms with E-state index in [1.54, 1.807) is 0 Å². The molecular formula is C21H17F3N2O5. The summed E-state index contributed by atoms with van der Waals surface area (Å²) in [6.45, 7) is -1.77. The summed E-state index contributed by atoms with van der Waals surface area (Å²) in [7, 11) is 0. The highest BCUT2D eigenvalue weighted by molar-refractivity contribution is 5.97. The summed E-state index contributed by atoms with van der Waals surface area (Å²) in [5, 5.41) is 23.5. The van der Waals surface area contributed by atoms with Gasteiger partial charge in [0.1, 0.15) is 25.4 Å². The standard InChI is InChI=1S/C21H17F3N2O5/c1-2-12-3-4-16(15(22)9-12)25-20-14(21(29)31-8-7-27)10-13(18(23)19(20)24)11-26(30)6-5-17(26)28/h1,3-4,9-10,25,27H,5-8,11H2. The molecule has 1 unspecified atom stereocenters. The maximum absolute atomic E-state index is 14.9. The lowest BCUT2D eigenvalue weighted by atomic mass is 10.0. The molecule has 0 bridgehead atoms. The molecule has 0 aliphatic carbocycles. The minimum absolute atomic E-state index is 0.0194. The van der Waals surface area contributed by atoms with E-state index >= 15 is 0 Å². The van der Waals surface area contributed by atoms with Gasteiger partial charge in [0.15, 0.2) is 11.6 Å². The van der Waals surface area contributed by atoms with Gasteiger partial charge < -0.3 is 20.4 Å². The van der Waals surface area contributed by atoms with Crippen LogP contribution in [0.5, 0.6) is 0 Å². The minimum Gasteiger partial charge on any atom is -0.625 e. The fourth-order valence-electron chi connectivity index (χ4n) is 3.03. The van der Waals surface area contributed by atoms with Crippen molar-refractivity contribution in [2.45, 2.75) is 13.0 Å². The predicted molar refractivity (Wildman–Crippen MR) is 103 cm³/mol. The molecule has 31 heavy (non-hydrogen) atoms. The second kappa shape index (κ2) is 8.77. The molecule has 1 atom stereocenters. The van der Waals surface area contributed by atoms with E-state index in [4.69, 9.17) is 16.3 Å². The number of nitrogens with one attached hydrogen (secondary N) is 1. The number of halogens is 3. The second-order valence-corrected chi connectivity index (χ2v) is 6.82. The van der Waals surface area contributed by atoms with Crippen LogP contribution in [-0.2, 0) is 16.1 Å². The Labute approximate surface area is 175 Å². The van der Waals surface area contributed by atoms with Crippen molar-refractivity contribution in [1.29, 1.82) is 0 Å². The summed E-state index contributed by atoms with van der Waals surface area (Å²) >= 11 is 0. The molecule has 0 aromatic heterocycles. The Kier molecular flexibility index (Phi) is 6.31. The minimum atomic E-state index is -1.56. The molecule has 3 rings (SSSR count). The number of hydrogen-bond donors (Lipinski definition) is 2. The lowest BCUT2D eigenvalue weighted by Crippen LogP contribution is -2.57. The number of quaternary nitrogens is 1. The highest BCUT2D eigenvalue weighted by Crippen LogP contribution is 2.33. The molecule has 10 heteroatoms. The van der Waals surface area contributed by atoms with E-state index in [1.807, 2.05) is 0 Å². The Morgan fingerprint density at radius 1 is 1.29 bits per heavy atom. The van der Waals surface area contributed by atoms with Crippen LogP contribution in [0.25, 0.3) is 0 Å². The third-order valence-corrected chi connectivity index (χ3v) is 4.79. The fraction of sp³-hybridized carbons (Fsp3) is 0.238. The van der Waals surface area contributed by atoms with Gasteiger partial charge in [0, 0.05) is 11.1 Å². The second-order valence-electron chi connectivity index (χ2n) is 6.82. The number of ether oxygens (including phenoxy) is 1. The fourth-order valence-corrected chi connectivity index (χ4v) is 3.03. The van der Waals surface area contributed by atoms with E-state index in [9.17, 15) is 28.0 Å². The van der Waals surface area contributed by atoms with Crippen LogP contribution in [0.3, 0.4) is 0 Å². The van der Waals surface area contributed by atoms with E-state index in [1.165, 1.54) is 12.1 Å². The normalized spacial score (nSPS) is 17.6. The molecule has 0 radical (unpaired) electrons. The Balaban J connectivity index is 2.06. The van der Waals surface area contributed by atoms with Crippen molar-refractivity contribution in [3.63, 3.8) is 0 Å². The zero-order chi connectivity index (χ0) is 22.8. The summed E-state index contributed by atoms with van der Waals surface area (Å²) in [4.78, 5) is 24.0. The van der Waals surface area contributed by atoms with Crippen LogP contribution in [0.4, 0.5) is 24.5 Å².